The fourth-order valence-electron chi connectivity index (χ4n) is 4.03. The minimum Gasteiger partial charge on any atom is -0.430 e. The number of nitrogens with zero attached hydrogens (tertiary/aromatic N) is 2. The van der Waals surface area contributed by atoms with Crippen LogP contribution >= 0.6 is 11.8 Å². The van der Waals surface area contributed by atoms with E-state index in [4.69, 9.17) is 4.42 Å². The van der Waals surface area contributed by atoms with Crippen LogP contribution in [0.3, 0.4) is 0 Å². The first kappa shape index (κ1) is 33.0. The molecule has 0 radical (unpaired) electrons. The van der Waals surface area contributed by atoms with Crippen molar-refractivity contribution in [1.82, 2.24) is 15.6 Å². The number of sulfonamides is 1. The van der Waals surface area contributed by atoms with Gasteiger partial charge in [-0.05, 0) is 54.7 Å². The highest BCUT2D eigenvalue weighted by Gasteiger charge is 2.35. The molecule has 3 rings (SSSR count). The Morgan fingerprint density at radius 3 is 2.21 bits per heavy atom. The predicted molar refractivity (Wildman–Crippen MR) is 154 cm³/mol. The van der Waals surface area contributed by atoms with Gasteiger partial charge in [0.25, 0.3) is 11.8 Å². The van der Waals surface area contributed by atoms with Gasteiger partial charge in [0.05, 0.1) is 18.3 Å². The van der Waals surface area contributed by atoms with E-state index >= 15 is 0 Å². The number of oxazole rings is 1. The lowest BCUT2D eigenvalue weighted by Gasteiger charge is -2.33. The summed E-state index contributed by atoms with van der Waals surface area (Å²) in [4.78, 5) is 29.8. The first-order valence-corrected chi connectivity index (χ1v) is 15.9. The highest BCUT2D eigenvalue weighted by molar-refractivity contribution is 7.98. The third-order valence-corrected chi connectivity index (χ3v) is 8.14. The highest BCUT2D eigenvalue weighted by Crippen LogP contribution is 2.19. The van der Waals surface area contributed by atoms with Crippen molar-refractivity contribution in [3.8, 4) is 0 Å². The normalized spacial score (nSPS) is 14.5. The zero-order chi connectivity index (χ0) is 31.0. The number of halogens is 2. The van der Waals surface area contributed by atoms with Crippen molar-refractivity contribution in [3.63, 3.8) is 0 Å². The number of carbonyl (C=O) groups is 2. The molecule has 0 aliphatic carbocycles. The molecule has 0 aliphatic rings. The molecular formula is C27H32F2N4O7S2. The molecule has 2 amide bonds. The fraction of sp³-hybridized carbons (Fsp3) is 0.370. The van der Waals surface area contributed by atoms with Crippen molar-refractivity contribution < 1.29 is 41.4 Å². The van der Waals surface area contributed by atoms with Crippen molar-refractivity contribution in [2.75, 3.05) is 29.6 Å². The Morgan fingerprint density at radius 1 is 1.02 bits per heavy atom. The number of anilines is 1. The molecule has 0 spiro atoms. The largest absolute Gasteiger partial charge is 0.430 e. The van der Waals surface area contributed by atoms with Crippen LogP contribution in [-0.2, 0) is 16.4 Å². The number of carbonyl (C=O) groups excluding carboxylic acids is 2. The van der Waals surface area contributed by atoms with Gasteiger partial charge in [-0.25, -0.2) is 21.5 Å². The molecule has 11 nitrogen and oxygen atoms in total. The van der Waals surface area contributed by atoms with Gasteiger partial charge in [0.15, 0.2) is 5.69 Å². The number of thioether (sulfide) groups is 1. The minimum absolute atomic E-state index is 0.0655. The first-order valence-electron chi connectivity index (χ1n) is 12.7. The van der Waals surface area contributed by atoms with E-state index in [9.17, 15) is 37.0 Å². The second-order valence-electron chi connectivity index (χ2n) is 9.52. The number of aliphatic hydroxyl groups is 2. The van der Waals surface area contributed by atoms with Crippen LogP contribution in [0.15, 0.2) is 59.2 Å². The molecular weight excluding hydrogens is 594 g/mol. The maximum Gasteiger partial charge on any atom is 0.311 e. The summed E-state index contributed by atoms with van der Waals surface area (Å²) in [7, 11) is -2.58. The molecule has 4 N–H and O–H groups in total. The Hall–Kier alpha value is -3.53. The van der Waals surface area contributed by atoms with Crippen molar-refractivity contribution >= 4 is 39.6 Å². The molecule has 4 atom stereocenters. The van der Waals surface area contributed by atoms with E-state index in [1.165, 1.54) is 18.8 Å². The van der Waals surface area contributed by atoms with Crippen LogP contribution in [0, 0.1) is 11.6 Å². The SMILES string of the molecule is CSCC[C@@H](NC(=O)c1ccccc1)[C@@H](O)[C@H](O)[C@H](Cc1cc(F)cc(F)c1)NC(=O)c1coc(N(C)S(C)(=O)=O)n1. The molecule has 3 aromatic rings. The van der Waals surface area contributed by atoms with Gasteiger partial charge in [0, 0.05) is 18.7 Å². The second kappa shape index (κ2) is 14.6. The van der Waals surface area contributed by atoms with Crippen LogP contribution in [0.4, 0.5) is 14.8 Å². The number of aliphatic hydroxyl groups excluding tert-OH is 2. The number of nitrogens with one attached hydrogen (secondary N) is 2. The molecule has 0 unspecified atom stereocenters. The zero-order valence-corrected chi connectivity index (χ0v) is 24.7. The third-order valence-electron chi connectivity index (χ3n) is 6.35. The smallest absolute Gasteiger partial charge is 0.311 e. The van der Waals surface area contributed by atoms with E-state index in [2.05, 4.69) is 15.6 Å². The van der Waals surface area contributed by atoms with E-state index in [1.54, 1.807) is 30.3 Å². The Kier molecular flexibility index (Phi) is 11.4. The van der Waals surface area contributed by atoms with Gasteiger partial charge in [0.2, 0.25) is 10.0 Å². The minimum atomic E-state index is -3.75. The van der Waals surface area contributed by atoms with Crippen LogP contribution < -0.4 is 14.9 Å². The van der Waals surface area contributed by atoms with E-state index in [0.717, 1.165) is 24.7 Å². The van der Waals surface area contributed by atoms with E-state index in [1.807, 2.05) is 6.26 Å². The Labute approximate surface area is 246 Å². The maximum atomic E-state index is 13.9. The molecule has 15 heteroatoms. The lowest BCUT2D eigenvalue weighted by molar-refractivity contribution is -0.0224. The molecule has 0 saturated carbocycles. The number of amides is 2. The van der Waals surface area contributed by atoms with Gasteiger partial charge in [-0.1, -0.05) is 18.2 Å². The van der Waals surface area contributed by atoms with Crippen LogP contribution in [0.25, 0.3) is 0 Å². The molecule has 1 aromatic heterocycles. The van der Waals surface area contributed by atoms with E-state index < -0.39 is 63.8 Å². The maximum absolute atomic E-state index is 13.9. The summed E-state index contributed by atoms with van der Waals surface area (Å²) in [6.45, 7) is 0. The number of aromatic nitrogens is 1. The summed E-state index contributed by atoms with van der Waals surface area (Å²) in [6, 6.07) is 8.23. The molecule has 0 bridgehead atoms. The molecule has 0 saturated heterocycles. The lowest BCUT2D eigenvalue weighted by atomic mass is 9.92. The van der Waals surface area contributed by atoms with E-state index in [-0.39, 0.29) is 24.1 Å². The summed E-state index contributed by atoms with van der Waals surface area (Å²) < 4.78 is 57.3. The Morgan fingerprint density at radius 2 is 1.62 bits per heavy atom. The topological polar surface area (TPSA) is 162 Å². The Balaban J connectivity index is 1.89. The summed E-state index contributed by atoms with van der Waals surface area (Å²) in [6.07, 6.45) is 0.188. The van der Waals surface area contributed by atoms with Gasteiger partial charge in [0.1, 0.15) is 30.1 Å². The number of hydrogen-bond donors (Lipinski definition) is 4. The Bertz CT molecular complexity index is 1450. The van der Waals surface area contributed by atoms with Crippen LogP contribution in [0.5, 0.6) is 0 Å². The fourth-order valence-corrected chi connectivity index (χ4v) is 4.88. The molecule has 2 aromatic carbocycles. The molecule has 228 valence electrons. The summed E-state index contributed by atoms with van der Waals surface area (Å²) in [5.41, 5.74) is 0.0407. The van der Waals surface area contributed by atoms with Crippen molar-refractivity contribution in [2.24, 2.45) is 0 Å². The van der Waals surface area contributed by atoms with Gasteiger partial charge >= 0.3 is 6.01 Å². The zero-order valence-electron chi connectivity index (χ0n) is 23.0. The standard InChI is InChI=1S/C27H32F2N4O7S2/c1-33(42(3,38)39)27-32-22(15-40-27)26(37)31-21(13-16-11-18(28)14-19(29)12-16)24(35)23(34)20(9-10-41-2)30-25(36)17-7-5-4-6-8-17/h4-8,11-12,14-15,20-21,23-24,34-35H,9-10,13H2,1-3H3,(H,30,36)(H,31,37)/t20-,21+,23-,24-/m1/s1. The van der Waals surface area contributed by atoms with Gasteiger partial charge in [-0.3, -0.25) is 9.59 Å². The van der Waals surface area contributed by atoms with Gasteiger partial charge in [-0.15, -0.1) is 0 Å². The molecule has 1 heterocycles. The molecule has 0 fully saturated rings. The van der Waals surface area contributed by atoms with Crippen molar-refractivity contribution in [1.29, 1.82) is 0 Å². The summed E-state index contributed by atoms with van der Waals surface area (Å²) >= 11 is 1.45. The van der Waals surface area contributed by atoms with Gasteiger partial charge < -0.3 is 25.3 Å². The number of benzene rings is 2. The van der Waals surface area contributed by atoms with Gasteiger partial charge in [-0.2, -0.15) is 16.7 Å². The highest BCUT2D eigenvalue weighted by atomic mass is 32.2. The number of rotatable bonds is 14. The average molecular weight is 627 g/mol. The second-order valence-corrected chi connectivity index (χ2v) is 12.5. The summed E-state index contributed by atoms with van der Waals surface area (Å²) in [5, 5.41) is 27.7. The van der Waals surface area contributed by atoms with Crippen molar-refractivity contribution in [2.45, 2.75) is 37.1 Å². The number of hydrogen-bond acceptors (Lipinski definition) is 9. The lowest BCUT2D eigenvalue weighted by Crippen LogP contribution is -2.56. The predicted octanol–water partition coefficient (Wildman–Crippen LogP) is 1.96. The monoisotopic (exact) mass is 626 g/mol. The van der Waals surface area contributed by atoms with Crippen LogP contribution in [0.2, 0.25) is 0 Å². The van der Waals surface area contributed by atoms with Crippen LogP contribution in [0.1, 0.15) is 32.8 Å². The first-order chi connectivity index (χ1) is 19.8. The third kappa shape index (κ3) is 8.98. The molecule has 0 aliphatic heterocycles. The quantitative estimate of drug-likeness (QED) is 0.210. The van der Waals surface area contributed by atoms with Crippen molar-refractivity contribution in [3.05, 3.63) is 83.2 Å². The summed E-state index contributed by atoms with van der Waals surface area (Å²) in [5.74, 6) is -2.68. The average Bonchev–Trinajstić information content (AvgIpc) is 3.43. The van der Waals surface area contributed by atoms with E-state index in [0.29, 0.717) is 21.7 Å². The van der Waals surface area contributed by atoms with Crippen LogP contribution in [-0.4, -0.2) is 85.0 Å². The molecule has 42 heavy (non-hydrogen) atoms.